The second-order valence-corrected chi connectivity index (χ2v) is 2.80. The van der Waals surface area contributed by atoms with Gasteiger partial charge in [0.25, 0.3) is 0 Å². The Labute approximate surface area is 75.8 Å². The Kier molecular flexibility index (Phi) is 1.77. The first-order chi connectivity index (χ1) is 6.29. The number of amides is 1. The molecule has 1 aliphatic rings. The Balaban J connectivity index is 2.60. The van der Waals surface area contributed by atoms with Crippen LogP contribution in [-0.2, 0) is 0 Å². The summed E-state index contributed by atoms with van der Waals surface area (Å²) in [4.78, 5) is 11.0. The van der Waals surface area contributed by atoms with Crippen LogP contribution in [0.1, 0.15) is 15.9 Å². The number of carbonyl (C=O) groups excluding carboxylic acids is 1. The van der Waals surface area contributed by atoms with Crippen LogP contribution in [-0.4, -0.2) is 12.5 Å². The van der Waals surface area contributed by atoms with Gasteiger partial charge in [-0.2, -0.15) is 0 Å². The van der Waals surface area contributed by atoms with Gasteiger partial charge < -0.3 is 10.5 Å². The van der Waals surface area contributed by atoms with E-state index in [4.69, 9.17) is 10.5 Å². The largest absolute Gasteiger partial charge is 0.489 e. The van der Waals surface area contributed by atoms with Crippen molar-refractivity contribution >= 4 is 12.0 Å². The van der Waals surface area contributed by atoms with Crippen LogP contribution in [0.3, 0.4) is 0 Å². The molecule has 0 bridgehead atoms. The van der Waals surface area contributed by atoms with Crippen LogP contribution in [0, 0.1) is 0 Å². The molecule has 3 heteroatoms. The Hall–Kier alpha value is -1.77. The molecule has 0 fully saturated rings. The van der Waals surface area contributed by atoms with Gasteiger partial charge in [0.2, 0.25) is 5.91 Å². The topological polar surface area (TPSA) is 52.3 Å². The molecule has 66 valence electrons. The number of benzene rings is 1. The number of nitrogens with two attached hydrogens (primary N) is 1. The molecule has 13 heavy (non-hydrogen) atoms. The van der Waals surface area contributed by atoms with Crippen molar-refractivity contribution < 1.29 is 9.53 Å². The average Bonchev–Trinajstić information content (AvgIpc) is 2.17. The van der Waals surface area contributed by atoms with Gasteiger partial charge in [-0.1, -0.05) is 12.1 Å². The smallest absolute Gasteiger partial charge is 0.249 e. The molecule has 2 rings (SSSR count). The lowest BCUT2D eigenvalue weighted by molar-refractivity contribution is 0.0999. The molecule has 0 saturated heterocycles. The first kappa shape index (κ1) is 7.86. The molecule has 0 aliphatic carbocycles. The molecule has 1 aromatic carbocycles. The van der Waals surface area contributed by atoms with Crippen molar-refractivity contribution in [3.63, 3.8) is 0 Å². The van der Waals surface area contributed by atoms with Gasteiger partial charge in [-0.25, -0.2) is 0 Å². The normalized spacial score (nSPS) is 13.2. The van der Waals surface area contributed by atoms with E-state index < -0.39 is 5.91 Å². The quantitative estimate of drug-likeness (QED) is 0.697. The third kappa shape index (κ3) is 1.28. The highest BCUT2D eigenvalue weighted by Gasteiger charge is 2.12. The van der Waals surface area contributed by atoms with Gasteiger partial charge in [0.05, 0.1) is 5.56 Å². The van der Waals surface area contributed by atoms with Crippen molar-refractivity contribution in [2.75, 3.05) is 6.61 Å². The first-order valence-electron chi connectivity index (χ1n) is 4.01. The molecule has 0 radical (unpaired) electrons. The summed E-state index contributed by atoms with van der Waals surface area (Å²) < 4.78 is 5.32. The van der Waals surface area contributed by atoms with Gasteiger partial charge in [0.15, 0.2) is 0 Å². The van der Waals surface area contributed by atoms with Crippen molar-refractivity contribution in [3.8, 4) is 5.75 Å². The Morgan fingerprint density at radius 3 is 3.08 bits per heavy atom. The SMILES string of the molecule is NC(=O)c1cccc2c1C=CCO2. The van der Waals surface area contributed by atoms with E-state index in [-0.39, 0.29) is 0 Å². The van der Waals surface area contributed by atoms with Gasteiger partial charge >= 0.3 is 0 Å². The van der Waals surface area contributed by atoms with E-state index in [0.29, 0.717) is 12.2 Å². The summed E-state index contributed by atoms with van der Waals surface area (Å²) in [5.74, 6) is 0.297. The summed E-state index contributed by atoms with van der Waals surface area (Å²) in [7, 11) is 0. The van der Waals surface area contributed by atoms with Crippen LogP contribution in [0.5, 0.6) is 5.75 Å². The Morgan fingerprint density at radius 1 is 1.46 bits per heavy atom. The maximum atomic E-state index is 11.0. The highest BCUT2D eigenvalue weighted by atomic mass is 16.5. The minimum absolute atomic E-state index is 0.424. The number of fused-ring (bicyclic) bond motifs is 1. The summed E-state index contributed by atoms with van der Waals surface area (Å²) in [5.41, 5.74) is 6.50. The molecule has 1 aromatic rings. The number of ether oxygens (including phenoxy) is 1. The van der Waals surface area contributed by atoms with Crippen molar-refractivity contribution in [2.24, 2.45) is 5.73 Å². The number of hydrogen-bond donors (Lipinski definition) is 1. The lowest BCUT2D eigenvalue weighted by Crippen LogP contribution is -2.14. The summed E-state index contributed by atoms with van der Waals surface area (Å²) in [6.45, 7) is 0.551. The number of hydrogen-bond acceptors (Lipinski definition) is 2. The van der Waals surface area contributed by atoms with Crippen LogP contribution >= 0.6 is 0 Å². The zero-order valence-corrected chi connectivity index (χ0v) is 6.99. The van der Waals surface area contributed by atoms with Crippen molar-refractivity contribution in [2.45, 2.75) is 0 Å². The van der Waals surface area contributed by atoms with E-state index >= 15 is 0 Å². The number of rotatable bonds is 1. The van der Waals surface area contributed by atoms with Crippen LogP contribution in [0.2, 0.25) is 0 Å². The Morgan fingerprint density at radius 2 is 2.31 bits per heavy atom. The summed E-state index contributed by atoms with van der Waals surface area (Å²) in [6.07, 6.45) is 3.72. The van der Waals surface area contributed by atoms with Crippen molar-refractivity contribution in [3.05, 3.63) is 35.4 Å². The molecule has 0 unspecified atom stereocenters. The van der Waals surface area contributed by atoms with E-state index in [1.807, 2.05) is 18.2 Å². The second kappa shape index (κ2) is 2.94. The molecule has 0 spiro atoms. The van der Waals surface area contributed by atoms with E-state index in [1.54, 1.807) is 12.1 Å². The van der Waals surface area contributed by atoms with E-state index in [1.165, 1.54) is 0 Å². The van der Waals surface area contributed by atoms with E-state index in [0.717, 1.165) is 11.3 Å². The highest BCUT2D eigenvalue weighted by Crippen LogP contribution is 2.26. The monoisotopic (exact) mass is 175 g/mol. The van der Waals surface area contributed by atoms with Crippen LogP contribution < -0.4 is 10.5 Å². The third-order valence-electron chi connectivity index (χ3n) is 1.95. The van der Waals surface area contributed by atoms with Crippen molar-refractivity contribution in [1.29, 1.82) is 0 Å². The standard InChI is InChI=1S/C10H9NO2/c11-10(12)8-3-1-5-9-7(8)4-2-6-13-9/h1-5H,6H2,(H2,11,12). The summed E-state index contributed by atoms with van der Waals surface area (Å²) in [5, 5.41) is 0. The van der Waals surface area contributed by atoms with E-state index in [2.05, 4.69) is 0 Å². The van der Waals surface area contributed by atoms with Gasteiger partial charge in [0.1, 0.15) is 12.4 Å². The van der Waals surface area contributed by atoms with Crippen LogP contribution in [0.4, 0.5) is 0 Å². The Bertz CT molecular complexity index is 383. The minimum atomic E-state index is -0.424. The molecule has 1 amide bonds. The maximum absolute atomic E-state index is 11.0. The molecule has 2 N–H and O–H groups in total. The molecular formula is C10H9NO2. The summed E-state index contributed by atoms with van der Waals surface area (Å²) >= 11 is 0. The lowest BCUT2D eigenvalue weighted by Gasteiger charge is -2.13. The number of primary amides is 1. The molecule has 1 aliphatic heterocycles. The molecular weight excluding hydrogens is 166 g/mol. The van der Waals surface area contributed by atoms with Crippen LogP contribution in [0.25, 0.3) is 6.08 Å². The minimum Gasteiger partial charge on any atom is -0.489 e. The average molecular weight is 175 g/mol. The molecule has 0 aromatic heterocycles. The second-order valence-electron chi connectivity index (χ2n) is 2.80. The van der Waals surface area contributed by atoms with Gasteiger partial charge in [-0.3, -0.25) is 4.79 Å². The van der Waals surface area contributed by atoms with Crippen molar-refractivity contribution in [1.82, 2.24) is 0 Å². The lowest BCUT2D eigenvalue weighted by atomic mass is 10.0. The van der Waals surface area contributed by atoms with Crippen LogP contribution in [0.15, 0.2) is 24.3 Å². The predicted molar refractivity (Wildman–Crippen MR) is 49.5 cm³/mol. The van der Waals surface area contributed by atoms with E-state index in [9.17, 15) is 4.79 Å². The third-order valence-corrected chi connectivity index (χ3v) is 1.95. The van der Waals surface area contributed by atoms with Gasteiger partial charge in [-0.05, 0) is 18.2 Å². The maximum Gasteiger partial charge on any atom is 0.249 e. The van der Waals surface area contributed by atoms with Gasteiger partial charge in [0, 0.05) is 5.56 Å². The summed E-state index contributed by atoms with van der Waals surface area (Å²) in [6, 6.07) is 5.28. The first-order valence-corrected chi connectivity index (χ1v) is 4.01. The molecule has 0 saturated carbocycles. The zero-order valence-electron chi connectivity index (χ0n) is 6.99. The highest BCUT2D eigenvalue weighted by molar-refractivity contribution is 5.97. The molecule has 3 nitrogen and oxygen atoms in total. The molecule has 0 atom stereocenters. The molecule has 1 heterocycles. The fourth-order valence-corrected chi connectivity index (χ4v) is 1.36. The predicted octanol–water partition coefficient (Wildman–Crippen LogP) is 1.19. The zero-order chi connectivity index (χ0) is 9.26. The fraction of sp³-hybridized carbons (Fsp3) is 0.100. The fourth-order valence-electron chi connectivity index (χ4n) is 1.36. The number of carbonyl (C=O) groups is 1. The van der Waals surface area contributed by atoms with Gasteiger partial charge in [-0.15, -0.1) is 0 Å².